The average Bonchev–Trinajstić information content (AvgIpc) is 2.62. The second-order valence-corrected chi connectivity index (χ2v) is 5.24. The van der Waals surface area contributed by atoms with Gasteiger partial charge in [0, 0.05) is 25.1 Å². The molecule has 23 heavy (non-hydrogen) atoms. The van der Waals surface area contributed by atoms with Gasteiger partial charge in [0.05, 0.1) is 18.9 Å². The van der Waals surface area contributed by atoms with Crippen molar-refractivity contribution < 1.29 is 14.3 Å². The van der Waals surface area contributed by atoms with Crippen LogP contribution in [0, 0.1) is 0 Å². The highest BCUT2D eigenvalue weighted by Gasteiger charge is 2.25. The summed E-state index contributed by atoms with van der Waals surface area (Å²) in [6.07, 6.45) is 9.72. The summed E-state index contributed by atoms with van der Waals surface area (Å²) >= 11 is 0. The van der Waals surface area contributed by atoms with Crippen molar-refractivity contribution in [3.8, 4) is 11.6 Å². The largest absolute Gasteiger partial charge is 0.482 e. The molecule has 1 amide bonds. The Balaban J connectivity index is 1.50. The molecule has 1 atom stereocenters. The van der Waals surface area contributed by atoms with Crippen LogP contribution < -0.4 is 9.47 Å². The first kappa shape index (κ1) is 15.2. The third-order valence-electron chi connectivity index (χ3n) is 3.55. The first-order valence-corrected chi connectivity index (χ1v) is 7.54. The van der Waals surface area contributed by atoms with Crippen molar-refractivity contribution in [2.45, 2.75) is 18.9 Å². The van der Waals surface area contributed by atoms with E-state index in [1.165, 1.54) is 0 Å². The molecule has 0 spiro atoms. The summed E-state index contributed by atoms with van der Waals surface area (Å²) in [6, 6.07) is 3.54. The molecule has 1 fully saturated rings. The summed E-state index contributed by atoms with van der Waals surface area (Å²) in [4.78, 5) is 26.1. The second-order valence-electron chi connectivity index (χ2n) is 5.24. The Hall–Kier alpha value is -2.70. The summed E-state index contributed by atoms with van der Waals surface area (Å²) in [7, 11) is 0. The number of piperidine rings is 1. The maximum Gasteiger partial charge on any atom is 0.260 e. The van der Waals surface area contributed by atoms with Gasteiger partial charge < -0.3 is 14.4 Å². The van der Waals surface area contributed by atoms with E-state index >= 15 is 0 Å². The lowest BCUT2D eigenvalue weighted by molar-refractivity contribution is -0.136. The van der Waals surface area contributed by atoms with Crippen molar-refractivity contribution in [2.24, 2.45) is 0 Å². The van der Waals surface area contributed by atoms with Crippen molar-refractivity contribution >= 4 is 5.91 Å². The third-order valence-corrected chi connectivity index (χ3v) is 3.55. The predicted octanol–water partition coefficient (Wildman–Crippen LogP) is 1.32. The fourth-order valence-electron chi connectivity index (χ4n) is 2.45. The number of carbonyl (C=O) groups excluding carboxylic acids is 1. The molecule has 1 unspecified atom stereocenters. The molecule has 7 heteroatoms. The molecule has 1 aliphatic heterocycles. The van der Waals surface area contributed by atoms with Crippen LogP contribution in [0.5, 0.6) is 11.6 Å². The van der Waals surface area contributed by atoms with E-state index < -0.39 is 0 Å². The van der Waals surface area contributed by atoms with Gasteiger partial charge in [0.2, 0.25) is 5.88 Å². The molecular formula is C16H18N4O3. The smallest absolute Gasteiger partial charge is 0.260 e. The maximum atomic E-state index is 12.3. The fraction of sp³-hybridized carbons (Fsp3) is 0.375. The molecule has 3 heterocycles. The number of rotatable bonds is 5. The van der Waals surface area contributed by atoms with E-state index in [0.29, 0.717) is 18.2 Å². The number of ether oxygens (including phenoxy) is 2. The van der Waals surface area contributed by atoms with E-state index in [4.69, 9.17) is 9.47 Å². The van der Waals surface area contributed by atoms with Gasteiger partial charge in [-0.15, -0.1) is 0 Å². The van der Waals surface area contributed by atoms with Gasteiger partial charge in [0.15, 0.2) is 6.61 Å². The SMILES string of the molecule is O=C(COc1cccnc1)N1CCCC(Oc2cnccn2)C1. The van der Waals surface area contributed by atoms with Crippen LogP contribution in [0.25, 0.3) is 0 Å². The van der Waals surface area contributed by atoms with Crippen LogP contribution in [0.2, 0.25) is 0 Å². The number of pyridine rings is 1. The van der Waals surface area contributed by atoms with E-state index in [0.717, 1.165) is 19.4 Å². The Morgan fingerprint density at radius 3 is 2.96 bits per heavy atom. The average molecular weight is 314 g/mol. The minimum atomic E-state index is -0.0669. The van der Waals surface area contributed by atoms with Crippen molar-refractivity contribution in [3.05, 3.63) is 43.1 Å². The van der Waals surface area contributed by atoms with Crippen LogP contribution in [0.4, 0.5) is 0 Å². The first-order chi connectivity index (χ1) is 11.3. The van der Waals surface area contributed by atoms with Crippen LogP contribution in [-0.2, 0) is 4.79 Å². The number of carbonyl (C=O) groups is 1. The van der Waals surface area contributed by atoms with Crippen molar-refractivity contribution in [1.29, 1.82) is 0 Å². The summed E-state index contributed by atoms with van der Waals surface area (Å²) in [6.45, 7) is 1.25. The zero-order valence-corrected chi connectivity index (χ0v) is 12.7. The summed E-state index contributed by atoms with van der Waals surface area (Å²) in [5.41, 5.74) is 0. The molecule has 0 saturated carbocycles. The second kappa shape index (κ2) is 7.53. The molecule has 120 valence electrons. The minimum Gasteiger partial charge on any atom is -0.482 e. The minimum absolute atomic E-state index is 0.00353. The zero-order chi connectivity index (χ0) is 15.9. The molecule has 0 radical (unpaired) electrons. The van der Waals surface area contributed by atoms with Gasteiger partial charge in [-0.3, -0.25) is 14.8 Å². The standard InChI is InChI=1S/C16H18N4O3/c21-16(12-22-13-3-1-5-17-9-13)20-8-2-4-14(11-20)23-15-10-18-6-7-19-15/h1,3,5-7,9-10,14H,2,4,8,11-12H2. The monoisotopic (exact) mass is 314 g/mol. The highest BCUT2D eigenvalue weighted by Crippen LogP contribution is 2.16. The van der Waals surface area contributed by atoms with Crippen molar-refractivity contribution in [2.75, 3.05) is 19.7 Å². The molecule has 0 aliphatic carbocycles. The highest BCUT2D eigenvalue weighted by atomic mass is 16.5. The molecule has 0 bridgehead atoms. The Labute approximate surface area is 134 Å². The molecule has 7 nitrogen and oxygen atoms in total. The topological polar surface area (TPSA) is 77.4 Å². The fourth-order valence-corrected chi connectivity index (χ4v) is 2.45. The molecule has 0 aromatic carbocycles. The van der Waals surface area contributed by atoms with Crippen molar-refractivity contribution in [3.63, 3.8) is 0 Å². The number of hydrogen-bond acceptors (Lipinski definition) is 6. The van der Waals surface area contributed by atoms with Gasteiger partial charge in [-0.1, -0.05) is 0 Å². The first-order valence-electron chi connectivity index (χ1n) is 7.54. The predicted molar refractivity (Wildman–Crippen MR) is 82.0 cm³/mol. The Morgan fingerprint density at radius 1 is 1.26 bits per heavy atom. The molecule has 3 rings (SSSR count). The van der Waals surface area contributed by atoms with E-state index in [2.05, 4.69) is 15.0 Å². The van der Waals surface area contributed by atoms with Crippen LogP contribution in [0.1, 0.15) is 12.8 Å². The van der Waals surface area contributed by atoms with Gasteiger partial charge in [0.1, 0.15) is 11.9 Å². The Morgan fingerprint density at radius 2 is 2.17 bits per heavy atom. The number of likely N-dealkylation sites (tertiary alicyclic amines) is 1. The molecule has 0 N–H and O–H groups in total. The molecular weight excluding hydrogens is 296 g/mol. The molecule has 1 aliphatic rings. The molecule has 2 aromatic rings. The summed E-state index contributed by atoms with van der Waals surface area (Å²) in [5, 5.41) is 0. The summed E-state index contributed by atoms with van der Waals surface area (Å²) in [5.74, 6) is 1.02. The third kappa shape index (κ3) is 4.38. The molecule has 2 aromatic heterocycles. The van der Waals surface area contributed by atoms with Crippen LogP contribution in [-0.4, -0.2) is 51.6 Å². The van der Waals surface area contributed by atoms with Gasteiger partial charge >= 0.3 is 0 Å². The Bertz CT molecular complexity index is 624. The van der Waals surface area contributed by atoms with E-state index in [1.807, 2.05) is 0 Å². The van der Waals surface area contributed by atoms with Gasteiger partial charge in [-0.25, -0.2) is 4.98 Å². The lowest BCUT2D eigenvalue weighted by Crippen LogP contribution is -2.46. The van der Waals surface area contributed by atoms with Crippen LogP contribution in [0.3, 0.4) is 0 Å². The van der Waals surface area contributed by atoms with Gasteiger partial charge in [-0.05, 0) is 25.0 Å². The zero-order valence-electron chi connectivity index (χ0n) is 12.7. The van der Waals surface area contributed by atoms with Gasteiger partial charge in [-0.2, -0.15) is 0 Å². The van der Waals surface area contributed by atoms with E-state index in [1.54, 1.807) is 48.0 Å². The van der Waals surface area contributed by atoms with Crippen LogP contribution in [0.15, 0.2) is 43.1 Å². The number of aromatic nitrogens is 3. The van der Waals surface area contributed by atoms with Crippen molar-refractivity contribution in [1.82, 2.24) is 19.9 Å². The molecule has 1 saturated heterocycles. The quantitative estimate of drug-likeness (QED) is 0.828. The number of hydrogen-bond donors (Lipinski definition) is 0. The normalized spacial score (nSPS) is 17.6. The number of amides is 1. The van der Waals surface area contributed by atoms with Gasteiger partial charge in [0.25, 0.3) is 5.91 Å². The summed E-state index contributed by atoms with van der Waals surface area (Å²) < 4.78 is 11.2. The van der Waals surface area contributed by atoms with E-state index in [-0.39, 0.29) is 18.6 Å². The number of nitrogens with zero attached hydrogens (tertiary/aromatic N) is 4. The Kier molecular flexibility index (Phi) is 4.98. The van der Waals surface area contributed by atoms with E-state index in [9.17, 15) is 4.79 Å². The lowest BCUT2D eigenvalue weighted by Gasteiger charge is -2.32. The highest BCUT2D eigenvalue weighted by molar-refractivity contribution is 5.77. The van der Waals surface area contributed by atoms with Crippen LogP contribution >= 0.6 is 0 Å². The maximum absolute atomic E-state index is 12.3. The lowest BCUT2D eigenvalue weighted by atomic mass is 10.1.